The lowest BCUT2D eigenvalue weighted by molar-refractivity contribution is 0.0472. The van der Waals surface area contributed by atoms with Crippen LogP contribution in [0.5, 0.6) is 0 Å². The molecule has 0 atom stereocenters. The SMILES string of the molecule is Cc1csc(COC(=O)c2cc(N)cc(F)c2)n1. The minimum Gasteiger partial charge on any atom is -0.455 e. The van der Waals surface area contributed by atoms with Gasteiger partial charge in [-0.1, -0.05) is 0 Å². The number of carbonyl (C=O) groups is 1. The van der Waals surface area contributed by atoms with Crippen molar-refractivity contribution in [2.24, 2.45) is 0 Å². The molecule has 0 aliphatic rings. The normalized spacial score (nSPS) is 10.3. The van der Waals surface area contributed by atoms with Gasteiger partial charge in [-0.2, -0.15) is 0 Å². The molecule has 0 aliphatic carbocycles. The van der Waals surface area contributed by atoms with Gasteiger partial charge in [-0.15, -0.1) is 11.3 Å². The number of halogens is 1. The molecule has 94 valence electrons. The van der Waals surface area contributed by atoms with Crippen molar-refractivity contribution in [3.8, 4) is 0 Å². The summed E-state index contributed by atoms with van der Waals surface area (Å²) in [4.78, 5) is 15.8. The molecule has 1 heterocycles. The number of nitrogen functional groups attached to an aromatic ring is 1. The first-order chi connectivity index (χ1) is 8.54. The van der Waals surface area contributed by atoms with Crippen molar-refractivity contribution in [3.63, 3.8) is 0 Å². The van der Waals surface area contributed by atoms with E-state index in [1.54, 1.807) is 0 Å². The molecule has 1 aromatic carbocycles. The lowest BCUT2D eigenvalue weighted by Crippen LogP contribution is -2.06. The van der Waals surface area contributed by atoms with Crippen molar-refractivity contribution >= 4 is 23.0 Å². The van der Waals surface area contributed by atoms with Gasteiger partial charge >= 0.3 is 5.97 Å². The third-order valence-electron chi connectivity index (χ3n) is 2.15. The third-order valence-corrected chi connectivity index (χ3v) is 3.09. The summed E-state index contributed by atoms with van der Waals surface area (Å²) in [6.07, 6.45) is 0. The zero-order valence-electron chi connectivity index (χ0n) is 9.64. The second kappa shape index (κ2) is 5.14. The first kappa shape index (κ1) is 12.5. The molecule has 0 amide bonds. The van der Waals surface area contributed by atoms with Crippen LogP contribution in [0.3, 0.4) is 0 Å². The summed E-state index contributed by atoms with van der Waals surface area (Å²) < 4.78 is 18.1. The number of esters is 1. The van der Waals surface area contributed by atoms with Gasteiger partial charge in [-0.05, 0) is 25.1 Å². The number of nitrogens with two attached hydrogens (primary N) is 1. The van der Waals surface area contributed by atoms with Gasteiger partial charge in [0.25, 0.3) is 0 Å². The Morgan fingerprint density at radius 1 is 1.50 bits per heavy atom. The summed E-state index contributed by atoms with van der Waals surface area (Å²) in [6, 6.07) is 3.60. The zero-order chi connectivity index (χ0) is 13.1. The minimum atomic E-state index is -0.617. The highest BCUT2D eigenvalue weighted by Crippen LogP contribution is 2.14. The van der Waals surface area contributed by atoms with E-state index in [4.69, 9.17) is 10.5 Å². The van der Waals surface area contributed by atoms with Crippen LogP contribution in [0.2, 0.25) is 0 Å². The van der Waals surface area contributed by atoms with Crippen LogP contribution in [-0.4, -0.2) is 11.0 Å². The number of nitrogens with zero attached hydrogens (tertiary/aromatic N) is 1. The van der Waals surface area contributed by atoms with Crippen molar-refractivity contribution in [2.75, 3.05) is 5.73 Å². The van der Waals surface area contributed by atoms with E-state index in [-0.39, 0.29) is 17.9 Å². The number of ether oxygens (including phenoxy) is 1. The van der Waals surface area contributed by atoms with Crippen molar-refractivity contribution in [2.45, 2.75) is 13.5 Å². The molecule has 6 heteroatoms. The van der Waals surface area contributed by atoms with Crippen LogP contribution in [0.1, 0.15) is 21.1 Å². The lowest BCUT2D eigenvalue weighted by atomic mass is 10.2. The number of hydrogen-bond acceptors (Lipinski definition) is 5. The monoisotopic (exact) mass is 266 g/mol. The third kappa shape index (κ3) is 3.04. The van der Waals surface area contributed by atoms with E-state index < -0.39 is 11.8 Å². The molecule has 0 aliphatic heterocycles. The van der Waals surface area contributed by atoms with Gasteiger partial charge in [-0.3, -0.25) is 0 Å². The molecule has 0 saturated heterocycles. The van der Waals surface area contributed by atoms with Crippen LogP contribution >= 0.6 is 11.3 Å². The van der Waals surface area contributed by atoms with E-state index in [0.717, 1.165) is 17.8 Å². The Morgan fingerprint density at radius 2 is 2.28 bits per heavy atom. The summed E-state index contributed by atoms with van der Waals surface area (Å²) >= 11 is 1.41. The van der Waals surface area contributed by atoms with E-state index in [1.165, 1.54) is 17.4 Å². The van der Waals surface area contributed by atoms with Crippen LogP contribution in [0.15, 0.2) is 23.6 Å². The standard InChI is InChI=1S/C12H11FN2O2S/c1-7-6-18-11(15-7)5-17-12(16)8-2-9(13)4-10(14)3-8/h2-4,6H,5,14H2,1H3. The molecule has 0 unspecified atom stereocenters. The maximum Gasteiger partial charge on any atom is 0.338 e. The number of rotatable bonds is 3. The van der Waals surface area contributed by atoms with Crippen LogP contribution in [0.4, 0.5) is 10.1 Å². The number of anilines is 1. The average molecular weight is 266 g/mol. The Bertz CT molecular complexity index is 563. The van der Waals surface area contributed by atoms with Gasteiger partial charge in [-0.25, -0.2) is 14.2 Å². The van der Waals surface area contributed by atoms with Gasteiger partial charge in [0.15, 0.2) is 0 Å². The van der Waals surface area contributed by atoms with Crippen LogP contribution in [-0.2, 0) is 11.3 Å². The van der Waals surface area contributed by atoms with Gasteiger partial charge < -0.3 is 10.5 Å². The fourth-order valence-electron chi connectivity index (χ4n) is 1.41. The van der Waals surface area contributed by atoms with E-state index in [2.05, 4.69) is 4.98 Å². The Hall–Kier alpha value is -1.95. The predicted molar refractivity (Wildman–Crippen MR) is 66.8 cm³/mol. The lowest BCUT2D eigenvalue weighted by Gasteiger charge is -2.04. The first-order valence-electron chi connectivity index (χ1n) is 5.19. The maximum absolute atomic E-state index is 13.1. The van der Waals surface area contributed by atoms with Gasteiger partial charge in [0.2, 0.25) is 0 Å². The second-order valence-electron chi connectivity index (χ2n) is 3.73. The van der Waals surface area contributed by atoms with E-state index >= 15 is 0 Å². The van der Waals surface area contributed by atoms with Gasteiger partial charge in [0.05, 0.1) is 5.56 Å². The minimum absolute atomic E-state index is 0.0771. The Balaban J connectivity index is 2.03. The second-order valence-corrected chi connectivity index (χ2v) is 4.67. The molecule has 0 fully saturated rings. The van der Waals surface area contributed by atoms with E-state index in [0.29, 0.717) is 5.01 Å². The highest BCUT2D eigenvalue weighted by atomic mass is 32.1. The molecular formula is C12H11FN2O2S. The summed E-state index contributed by atoms with van der Waals surface area (Å²) in [5.74, 6) is -1.18. The summed E-state index contributed by atoms with van der Waals surface area (Å²) in [5, 5.41) is 2.56. The highest BCUT2D eigenvalue weighted by molar-refractivity contribution is 7.09. The molecule has 0 bridgehead atoms. The topological polar surface area (TPSA) is 65.2 Å². The van der Waals surface area contributed by atoms with Crippen LogP contribution < -0.4 is 5.73 Å². The molecule has 2 N–H and O–H groups in total. The zero-order valence-corrected chi connectivity index (χ0v) is 10.5. The van der Waals surface area contributed by atoms with Gasteiger partial charge in [0, 0.05) is 16.8 Å². The fraction of sp³-hybridized carbons (Fsp3) is 0.167. The average Bonchev–Trinajstić information content (AvgIpc) is 2.70. The first-order valence-corrected chi connectivity index (χ1v) is 6.07. The number of hydrogen-bond donors (Lipinski definition) is 1. The predicted octanol–water partition coefficient (Wildman–Crippen LogP) is 2.53. The smallest absolute Gasteiger partial charge is 0.338 e. The Kier molecular flexibility index (Phi) is 3.57. The van der Waals surface area contributed by atoms with Crippen molar-refractivity contribution in [1.82, 2.24) is 4.98 Å². The largest absolute Gasteiger partial charge is 0.455 e. The molecule has 0 radical (unpaired) electrons. The van der Waals surface area contributed by atoms with Crippen molar-refractivity contribution in [1.29, 1.82) is 0 Å². The molecule has 18 heavy (non-hydrogen) atoms. The van der Waals surface area contributed by atoms with E-state index in [9.17, 15) is 9.18 Å². The van der Waals surface area contributed by atoms with Crippen LogP contribution in [0, 0.1) is 12.7 Å². The summed E-state index contributed by atoms with van der Waals surface area (Å²) in [5.41, 5.74) is 6.61. The molecule has 2 rings (SSSR count). The van der Waals surface area contributed by atoms with Crippen molar-refractivity contribution in [3.05, 3.63) is 45.7 Å². The van der Waals surface area contributed by atoms with Gasteiger partial charge in [0.1, 0.15) is 17.4 Å². The number of thiazole rings is 1. The quantitative estimate of drug-likeness (QED) is 0.685. The molecule has 0 spiro atoms. The highest BCUT2D eigenvalue weighted by Gasteiger charge is 2.10. The number of benzene rings is 1. The Morgan fingerprint density at radius 3 is 2.89 bits per heavy atom. The molecule has 1 aromatic heterocycles. The molecule has 2 aromatic rings. The summed E-state index contributed by atoms with van der Waals surface area (Å²) in [6.45, 7) is 1.93. The van der Waals surface area contributed by atoms with Crippen LogP contribution in [0.25, 0.3) is 0 Å². The summed E-state index contributed by atoms with van der Waals surface area (Å²) in [7, 11) is 0. The Labute approximate surface area is 107 Å². The number of aromatic nitrogens is 1. The fourth-order valence-corrected chi connectivity index (χ4v) is 2.09. The maximum atomic E-state index is 13.1. The number of carbonyl (C=O) groups excluding carboxylic acids is 1. The van der Waals surface area contributed by atoms with Crippen molar-refractivity contribution < 1.29 is 13.9 Å². The number of aryl methyl sites for hydroxylation is 1. The molecule has 0 saturated carbocycles. The molecular weight excluding hydrogens is 255 g/mol. The molecule has 4 nitrogen and oxygen atoms in total. The van der Waals surface area contributed by atoms with E-state index in [1.807, 2.05) is 12.3 Å².